The Bertz CT molecular complexity index is 62.6. The lowest BCUT2D eigenvalue weighted by atomic mass is 10.2. The first-order valence-electron chi connectivity index (χ1n) is 2.29. The maximum absolute atomic E-state index is 5.13. The molecule has 5 heteroatoms. The van der Waals surface area contributed by atoms with Crippen molar-refractivity contribution in [1.29, 1.82) is 0 Å². The molecule has 0 heterocycles. The summed E-state index contributed by atoms with van der Waals surface area (Å²) < 4.78 is 0. The molecule has 0 unspecified atom stereocenters. The molecule has 50 valence electrons. The van der Waals surface area contributed by atoms with Crippen LogP contribution in [0, 0.1) is 0 Å². The van der Waals surface area contributed by atoms with Crippen LogP contribution in [0.4, 0.5) is 0 Å². The van der Waals surface area contributed by atoms with Crippen LogP contribution in [0.1, 0.15) is 6.42 Å². The molecule has 0 aliphatic rings. The van der Waals surface area contributed by atoms with E-state index in [9.17, 15) is 0 Å². The third-order valence-electron chi connectivity index (χ3n) is 0.589. The van der Waals surface area contributed by atoms with Gasteiger partial charge < -0.3 is 28.7 Å². The smallest absolute Gasteiger partial charge is 0.118 e. The van der Waals surface area contributed by atoms with Crippen LogP contribution in [0.5, 0.6) is 0 Å². The van der Waals surface area contributed by atoms with Crippen molar-refractivity contribution < 1.29 is 0 Å². The van der Waals surface area contributed by atoms with E-state index in [1.807, 2.05) is 0 Å². The molecule has 10 N–H and O–H groups in total. The number of hydrogen-bond donors (Lipinski definition) is 5. The molecular weight excluding hydrogens is 106 g/mol. The quantitative estimate of drug-likeness (QED) is 0.250. The van der Waals surface area contributed by atoms with E-state index in [4.69, 9.17) is 28.7 Å². The predicted molar refractivity (Wildman–Crippen MR) is 32.1 cm³/mol. The van der Waals surface area contributed by atoms with Crippen LogP contribution in [0.25, 0.3) is 0 Å². The first-order chi connectivity index (χ1) is 3.42. The van der Waals surface area contributed by atoms with Gasteiger partial charge in [-0.2, -0.15) is 0 Å². The van der Waals surface area contributed by atoms with Gasteiger partial charge in [0.25, 0.3) is 0 Å². The Morgan fingerprint density at radius 2 is 1.50 bits per heavy atom. The molecule has 0 spiro atoms. The van der Waals surface area contributed by atoms with Crippen molar-refractivity contribution in [2.24, 2.45) is 28.7 Å². The van der Waals surface area contributed by atoms with Gasteiger partial charge in [-0.3, -0.25) is 0 Å². The highest BCUT2D eigenvalue weighted by Crippen LogP contribution is 1.86. The minimum Gasteiger partial charge on any atom is -0.316 e. The van der Waals surface area contributed by atoms with Crippen molar-refractivity contribution in [1.82, 2.24) is 0 Å². The van der Waals surface area contributed by atoms with Crippen molar-refractivity contribution in [3.05, 3.63) is 0 Å². The summed E-state index contributed by atoms with van der Waals surface area (Å²) in [6, 6.07) is 0. The Balaban J connectivity index is 3.39. The topological polar surface area (TPSA) is 130 Å². The minimum atomic E-state index is -1.23. The van der Waals surface area contributed by atoms with E-state index in [1.54, 1.807) is 0 Å². The molecule has 0 atom stereocenters. The summed E-state index contributed by atoms with van der Waals surface area (Å²) in [7, 11) is 0. The largest absolute Gasteiger partial charge is 0.316 e. The first-order valence-corrected chi connectivity index (χ1v) is 2.29. The summed E-state index contributed by atoms with van der Waals surface area (Å²) >= 11 is 0. The standard InChI is InChI=1S/C3H13N5/c4-2(5)1-3(6,7)8/h2H,1,4-8H2. The van der Waals surface area contributed by atoms with Crippen molar-refractivity contribution in [3.8, 4) is 0 Å². The van der Waals surface area contributed by atoms with E-state index in [-0.39, 0.29) is 6.42 Å². The first kappa shape index (κ1) is 7.80. The Morgan fingerprint density at radius 1 is 1.12 bits per heavy atom. The molecule has 0 aromatic rings. The van der Waals surface area contributed by atoms with Gasteiger partial charge in [0.15, 0.2) is 0 Å². The molecule has 0 aromatic carbocycles. The Labute approximate surface area is 48.2 Å². The normalized spacial score (nSPS) is 12.8. The molecular formula is C3H13N5. The highest BCUT2D eigenvalue weighted by atomic mass is 15.1. The van der Waals surface area contributed by atoms with Gasteiger partial charge in [-0.15, -0.1) is 0 Å². The van der Waals surface area contributed by atoms with Crippen molar-refractivity contribution in [3.63, 3.8) is 0 Å². The summed E-state index contributed by atoms with van der Waals surface area (Å²) in [5, 5.41) is 0. The fourth-order valence-corrected chi connectivity index (χ4v) is 0.408. The molecule has 0 radical (unpaired) electrons. The van der Waals surface area contributed by atoms with E-state index in [0.29, 0.717) is 0 Å². The van der Waals surface area contributed by atoms with Crippen LogP contribution in [0.15, 0.2) is 0 Å². The van der Waals surface area contributed by atoms with Gasteiger partial charge in [0, 0.05) is 6.42 Å². The molecule has 0 saturated heterocycles. The summed E-state index contributed by atoms with van der Waals surface area (Å²) in [6.45, 7) is 0. The van der Waals surface area contributed by atoms with Crippen molar-refractivity contribution >= 4 is 0 Å². The van der Waals surface area contributed by atoms with Gasteiger partial charge in [0.2, 0.25) is 0 Å². The maximum Gasteiger partial charge on any atom is 0.118 e. The van der Waals surface area contributed by atoms with Gasteiger partial charge in [0.05, 0.1) is 6.17 Å². The monoisotopic (exact) mass is 119 g/mol. The maximum atomic E-state index is 5.13. The van der Waals surface area contributed by atoms with Crippen LogP contribution < -0.4 is 28.7 Å². The fraction of sp³-hybridized carbons (Fsp3) is 1.00. The van der Waals surface area contributed by atoms with Crippen LogP contribution in [-0.4, -0.2) is 12.0 Å². The Hall–Kier alpha value is -0.200. The summed E-state index contributed by atoms with van der Waals surface area (Å²) in [6.07, 6.45) is -0.317. The highest BCUT2D eigenvalue weighted by Gasteiger charge is 2.13. The van der Waals surface area contributed by atoms with Gasteiger partial charge in [0.1, 0.15) is 5.79 Å². The van der Waals surface area contributed by atoms with Gasteiger partial charge in [-0.1, -0.05) is 0 Å². The lowest BCUT2D eigenvalue weighted by molar-refractivity contribution is 0.387. The van der Waals surface area contributed by atoms with E-state index in [2.05, 4.69) is 0 Å². The highest BCUT2D eigenvalue weighted by molar-refractivity contribution is 4.71. The molecule has 0 fully saturated rings. The number of rotatable bonds is 2. The number of nitrogens with two attached hydrogens (primary N) is 5. The second-order valence-corrected chi connectivity index (χ2v) is 1.98. The fourth-order valence-electron chi connectivity index (χ4n) is 0.408. The van der Waals surface area contributed by atoms with Crippen LogP contribution >= 0.6 is 0 Å². The van der Waals surface area contributed by atoms with E-state index in [1.165, 1.54) is 0 Å². The van der Waals surface area contributed by atoms with Crippen molar-refractivity contribution in [2.75, 3.05) is 0 Å². The zero-order chi connectivity index (χ0) is 6.78. The van der Waals surface area contributed by atoms with Crippen LogP contribution in [0.3, 0.4) is 0 Å². The zero-order valence-electron chi connectivity index (χ0n) is 4.67. The summed E-state index contributed by atoms with van der Waals surface area (Å²) in [4.78, 5) is 0. The lowest BCUT2D eigenvalue weighted by Gasteiger charge is -2.19. The summed E-state index contributed by atoms with van der Waals surface area (Å²) in [5.41, 5.74) is 25.6. The van der Waals surface area contributed by atoms with Crippen LogP contribution in [-0.2, 0) is 0 Å². The molecule has 5 nitrogen and oxygen atoms in total. The SMILES string of the molecule is NC(N)CC(N)(N)N. The third-order valence-corrected chi connectivity index (χ3v) is 0.589. The molecule has 0 aliphatic heterocycles. The predicted octanol–water partition coefficient (Wildman–Crippen LogP) is -2.85. The van der Waals surface area contributed by atoms with Gasteiger partial charge in [-0.05, 0) is 0 Å². The molecule has 0 amide bonds. The molecule has 0 bridgehead atoms. The second kappa shape index (κ2) is 2.38. The third kappa shape index (κ3) is 5.80. The second-order valence-electron chi connectivity index (χ2n) is 1.98. The molecule has 8 heavy (non-hydrogen) atoms. The van der Waals surface area contributed by atoms with Gasteiger partial charge >= 0.3 is 0 Å². The van der Waals surface area contributed by atoms with Gasteiger partial charge in [-0.25, -0.2) is 0 Å². The lowest BCUT2D eigenvalue weighted by Crippen LogP contribution is -2.61. The zero-order valence-corrected chi connectivity index (χ0v) is 4.67. The average molecular weight is 119 g/mol. The summed E-state index contributed by atoms with van der Waals surface area (Å²) in [5.74, 6) is -1.23. The van der Waals surface area contributed by atoms with Crippen LogP contribution in [0.2, 0.25) is 0 Å². The minimum absolute atomic E-state index is 0.215. The Kier molecular flexibility index (Phi) is 2.32. The average Bonchev–Trinajstić information content (AvgIpc) is 1.21. The number of hydrogen-bond acceptors (Lipinski definition) is 5. The molecule has 0 aromatic heterocycles. The molecule has 0 rings (SSSR count). The van der Waals surface area contributed by atoms with E-state index < -0.39 is 12.0 Å². The van der Waals surface area contributed by atoms with Crippen molar-refractivity contribution in [2.45, 2.75) is 18.4 Å². The Morgan fingerprint density at radius 3 is 1.50 bits per heavy atom. The van der Waals surface area contributed by atoms with E-state index in [0.717, 1.165) is 0 Å². The molecule has 0 saturated carbocycles. The van der Waals surface area contributed by atoms with E-state index >= 15 is 0 Å². The molecule has 0 aliphatic carbocycles.